The van der Waals surface area contributed by atoms with Crippen LogP contribution in [0.5, 0.6) is 0 Å². The molecule has 45 heavy (non-hydrogen) atoms. The first kappa shape index (κ1) is 43.0. The number of phosphoric acid groups is 1. The number of amides is 1. The zero-order chi connectivity index (χ0) is 33.3. The molecule has 0 aliphatic rings. The maximum Gasteiger partial charge on any atom is 0.472 e. The van der Waals surface area contributed by atoms with Crippen molar-refractivity contribution in [2.45, 2.75) is 136 Å². The van der Waals surface area contributed by atoms with Crippen LogP contribution in [0.25, 0.3) is 0 Å². The molecule has 0 aromatic heterocycles. The molecule has 2 atom stereocenters. The highest BCUT2D eigenvalue weighted by atomic mass is 31.2. The van der Waals surface area contributed by atoms with Crippen LogP contribution in [0.15, 0.2) is 48.6 Å². The lowest BCUT2D eigenvalue weighted by atomic mass is 10.1. The van der Waals surface area contributed by atoms with Gasteiger partial charge in [0.05, 0.1) is 13.2 Å². The Labute approximate surface area is 273 Å². The standard InChI is InChI=1S/C35H62NO8P/c1-3-5-7-8-9-10-11-12-13-14-15-16-17-18-19-20-21-22-23-24-26-28-35(39)42-31-33(37)32-44-45(40,41)43-30-29-36-34(38)27-25-6-4-2/h9-10,12-13,15-16,18-19,33,37H,3-8,11,14,17,20-32H2,1-2H3,(H,36,38)(H,40,41)/b10-9-,13-12-,16-15-,19-18-. The van der Waals surface area contributed by atoms with Crippen LogP contribution in [-0.4, -0.2) is 54.3 Å². The molecule has 0 fully saturated rings. The number of ether oxygens (including phenoxy) is 1. The van der Waals surface area contributed by atoms with Gasteiger partial charge in [-0.1, -0.05) is 107 Å². The molecule has 0 rings (SSSR count). The largest absolute Gasteiger partial charge is 0.472 e. The number of hydrogen-bond donors (Lipinski definition) is 3. The number of rotatable bonds is 31. The second-order valence-electron chi connectivity index (χ2n) is 11.1. The quantitative estimate of drug-likeness (QED) is 0.0294. The number of esters is 1. The van der Waals surface area contributed by atoms with Gasteiger partial charge in [-0.3, -0.25) is 18.6 Å². The average Bonchev–Trinajstić information content (AvgIpc) is 3.02. The summed E-state index contributed by atoms with van der Waals surface area (Å²) < 4.78 is 26.4. The maximum absolute atomic E-state index is 11.9. The SMILES string of the molecule is CCCCC/C=C\C/C=C\C/C=C\C/C=C\CCCCCCCC(=O)OCC(O)COP(=O)(O)OCCNC(=O)CCCCC. The van der Waals surface area contributed by atoms with Crippen molar-refractivity contribution in [3.8, 4) is 0 Å². The Balaban J connectivity index is 3.66. The lowest BCUT2D eigenvalue weighted by Crippen LogP contribution is -2.27. The molecule has 0 bridgehead atoms. The molecule has 9 nitrogen and oxygen atoms in total. The minimum atomic E-state index is -4.39. The normalized spacial score (nSPS) is 14.1. The van der Waals surface area contributed by atoms with E-state index in [2.05, 4.69) is 60.8 Å². The molecule has 0 saturated heterocycles. The first-order valence-electron chi connectivity index (χ1n) is 17.1. The lowest BCUT2D eigenvalue weighted by molar-refractivity contribution is -0.147. The predicted molar refractivity (Wildman–Crippen MR) is 183 cm³/mol. The summed E-state index contributed by atoms with van der Waals surface area (Å²) in [6.45, 7) is 3.29. The van der Waals surface area contributed by atoms with E-state index in [1.807, 2.05) is 6.92 Å². The van der Waals surface area contributed by atoms with Gasteiger partial charge in [0.15, 0.2) is 0 Å². The molecule has 0 aliphatic heterocycles. The third kappa shape index (κ3) is 33.2. The molecule has 3 N–H and O–H groups in total. The number of allylic oxidation sites excluding steroid dienone is 8. The molecule has 0 aliphatic carbocycles. The highest BCUT2D eigenvalue weighted by molar-refractivity contribution is 7.47. The smallest absolute Gasteiger partial charge is 0.463 e. The van der Waals surface area contributed by atoms with Gasteiger partial charge >= 0.3 is 13.8 Å². The molecule has 0 aromatic carbocycles. The molecular formula is C35H62NO8P. The van der Waals surface area contributed by atoms with Crippen LogP contribution >= 0.6 is 7.82 Å². The Morgan fingerprint density at radius 2 is 1.20 bits per heavy atom. The van der Waals surface area contributed by atoms with Crippen molar-refractivity contribution in [1.29, 1.82) is 0 Å². The average molecular weight is 656 g/mol. The van der Waals surface area contributed by atoms with E-state index < -0.39 is 26.5 Å². The summed E-state index contributed by atoms with van der Waals surface area (Å²) in [4.78, 5) is 33.2. The topological polar surface area (TPSA) is 131 Å². The minimum Gasteiger partial charge on any atom is -0.463 e. The molecule has 0 saturated carbocycles. The van der Waals surface area contributed by atoms with E-state index in [1.54, 1.807) is 0 Å². The number of carbonyl (C=O) groups is 2. The van der Waals surface area contributed by atoms with Crippen molar-refractivity contribution in [2.24, 2.45) is 0 Å². The zero-order valence-corrected chi connectivity index (χ0v) is 28.9. The fourth-order valence-corrected chi connectivity index (χ4v) is 4.88. The van der Waals surface area contributed by atoms with Gasteiger partial charge in [0.25, 0.3) is 0 Å². The Bertz CT molecular complexity index is 887. The molecule has 10 heteroatoms. The summed E-state index contributed by atoms with van der Waals surface area (Å²) in [5, 5.41) is 12.5. The number of carbonyl (C=O) groups excluding carboxylic acids is 2. The third-order valence-electron chi connectivity index (χ3n) is 6.76. The van der Waals surface area contributed by atoms with Gasteiger partial charge in [-0.15, -0.1) is 0 Å². The van der Waals surface area contributed by atoms with Crippen LogP contribution in [0.2, 0.25) is 0 Å². The van der Waals surface area contributed by atoms with Gasteiger partial charge in [0, 0.05) is 19.4 Å². The third-order valence-corrected chi connectivity index (χ3v) is 7.75. The van der Waals surface area contributed by atoms with E-state index in [0.717, 1.165) is 70.6 Å². The Kier molecular flexibility index (Phi) is 30.5. The fourth-order valence-electron chi connectivity index (χ4n) is 4.13. The molecular weight excluding hydrogens is 593 g/mol. The zero-order valence-electron chi connectivity index (χ0n) is 28.0. The fraction of sp³-hybridized carbons (Fsp3) is 0.714. The number of aliphatic hydroxyl groups is 1. The molecule has 2 unspecified atom stereocenters. The van der Waals surface area contributed by atoms with Crippen molar-refractivity contribution in [2.75, 3.05) is 26.4 Å². The van der Waals surface area contributed by atoms with Crippen molar-refractivity contribution in [1.82, 2.24) is 5.32 Å². The second-order valence-corrected chi connectivity index (χ2v) is 12.6. The van der Waals surface area contributed by atoms with E-state index in [1.165, 1.54) is 25.7 Å². The van der Waals surface area contributed by atoms with Crippen LogP contribution < -0.4 is 5.32 Å². The van der Waals surface area contributed by atoms with Crippen LogP contribution in [0.3, 0.4) is 0 Å². The van der Waals surface area contributed by atoms with Crippen LogP contribution in [0.4, 0.5) is 0 Å². The van der Waals surface area contributed by atoms with Gasteiger partial charge in [0.2, 0.25) is 5.91 Å². The summed E-state index contributed by atoms with van der Waals surface area (Å²) in [5.41, 5.74) is 0. The first-order chi connectivity index (χ1) is 21.8. The number of unbranched alkanes of at least 4 members (excludes halogenated alkanes) is 10. The number of phosphoric ester groups is 1. The van der Waals surface area contributed by atoms with Gasteiger partial charge in [-0.05, 0) is 57.8 Å². The summed E-state index contributed by atoms with van der Waals surface area (Å²) in [5.74, 6) is -0.565. The first-order valence-corrected chi connectivity index (χ1v) is 18.6. The summed E-state index contributed by atoms with van der Waals surface area (Å²) in [7, 11) is -4.39. The van der Waals surface area contributed by atoms with E-state index in [4.69, 9.17) is 13.8 Å². The minimum absolute atomic E-state index is 0.0738. The van der Waals surface area contributed by atoms with Crippen LogP contribution in [0.1, 0.15) is 129 Å². The number of hydrogen-bond acceptors (Lipinski definition) is 7. The molecule has 0 aromatic rings. The summed E-state index contributed by atoms with van der Waals surface area (Å²) in [6, 6.07) is 0. The molecule has 0 heterocycles. The summed E-state index contributed by atoms with van der Waals surface area (Å²) in [6.07, 6.45) is 34.0. The van der Waals surface area contributed by atoms with Crippen molar-refractivity contribution >= 4 is 19.7 Å². The van der Waals surface area contributed by atoms with E-state index in [9.17, 15) is 24.2 Å². The van der Waals surface area contributed by atoms with Crippen molar-refractivity contribution < 1.29 is 37.9 Å². The Morgan fingerprint density at radius 1 is 0.689 bits per heavy atom. The maximum atomic E-state index is 11.9. The molecule has 1 amide bonds. The van der Waals surface area contributed by atoms with Crippen molar-refractivity contribution in [3.63, 3.8) is 0 Å². The van der Waals surface area contributed by atoms with E-state index >= 15 is 0 Å². The Hall–Kier alpha value is -2.03. The molecule has 260 valence electrons. The summed E-state index contributed by atoms with van der Waals surface area (Å²) >= 11 is 0. The molecule has 0 spiro atoms. The highest BCUT2D eigenvalue weighted by Crippen LogP contribution is 2.42. The lowest BCUT2D eigenvalue weighted by Gasteiger charge is -2.15. The van der Waals surface area contributed by atoms with Gasteiger partial charge in [-0.25, -0.2) is 4.57 Å². The van der Waals surface area contributed by atoms with E-state index in [-0.39, 0.29) is 32.1 Å². The second kappa shape index (κ2) is 31.9. The predicted octanol–water partition coefficient (Wildman–Crippen LogP) is 8.43. The van der Waals surface area contributed by atoms with Gasteiger partial charge < -0.3 is 20.1 Å². The monoisotopic (exact) mass is 655 g/mol. The molecule has 0 radical (unpaired) electrons. The Morgan fingerprint density at radius 3 is 1.82 bits per heavy atom. The van der Waals surface area contributed by atoms with E-state index in [0.29, 0.717) is 12.8 Å². The highest BCUT2D eigenvalue weighted by Gasteiger charge is 2.23. The number of nitrogens with one attached hydrogen (secondary N) is 1. The number of aliphatic hydroxyl groups excluding tert-OH is 1. The van der Waals surface area contributed by atoms with Gasteiger partial charge in [-0.2, -0.15) is 0 Å². The van der Waals surface area contributed by atoms with Crippen LogP contribution in [0, 0.1) is 0 Å². The van der Waals surface area contributed by atoms with Gasteiger partial charge in [0.1, 0.15) is 12.7 Å². The van der Waals surface area contributed by atoms with Crippen LogP contribution in [-0.2, 0) is 27.9 Å². The van der Waals surface area contributed by atoms with Crippen molar-refractivity contribution in [3.05, 3.63) is 48.6 Å².